The molecule has 0 bridgehead atoms. The molecule has 0 heterocycles. The van der Waals surface area contributed by atoms with Gasteiger partial charge in [-0.1, -0.05) is 50.7 Å². The van der Waals surface area contributed by atoms with Crippen molar-refractivity contribution in [1.82, 2.24) is 0 Å². The molecular weight excluding hydrogens is 327 g/mol. The van der Waals surface area contributed by atoms with Gasteiger partial charge in [0.05, 0.1) is 0 Å². The Labute approximate surface area is 142 Å². The van der Waals surface area contributed by atoms with Crippen molar-refractivity contribution in [2.45, 2.75) is 76.0 Å². The first-order valence-electron chi connectivity index (χ1n) is 8.89. The molecule has 0 radical (unpaired) electrons. The highest BCUT2D eigenvalue weighted by Crippen LogP contribution is 2.45. The fraction of sp³-hybridized carbons (Fsp3) is 0.667. The minimum absolute atomic E-state index is 0.448. The van der Waals surface area contributed by atoms with Gasteiger partial charge in [0.25, 0.3) is 0 Å². The Kier molecular flexibility index (Phi) is 5.64. The fourth-order valence-corrected chi connectivity index (χ4v) is 5.06. The summed E-state index contributed by atoms with van der Waals surface area (Å²) in [5.41, 5.74) is 2.54. The van der Waals surface area contributed by atoms with Crippen LogP contribution in [-0.4, -0.2) is 8.42 Å². The third-order valence-electron chi connectivity index (χ3n) is 5.36. The Hall–Kier alpha value is -0.600. The molecule has 2 aliphatic rings. The molecule has 1 unspecified atom stereocenters. The van der Waals surface area contributed by atoms with Gasteiger partial charge in [-0.3, -0.25) is 0 Å². The van der Waals surface area contributed by atoms with Gasteiger partial charge in [-0.2, -0.15) is 8.42 Å². The van der Waals surface area contributed by atoms with Crippen molar-refractivity contribution in [3.63, 3.8) is 0 Å². The summed E-state index contributed by atoms with van der Waals surface area (Å²) in [6.07, 6.45) is 12.4. The van der Waals surface area contributed by atoms with Gasteiger partial charge < -0.3 is 4.18 Å². The first-order valence-corrected chi connectivity index (χ1v) is 11.8. The first kappa shape index (κ1) is 17.2. The van der Waals surface area contributed by atoms with E-state index in [9.17, 15) is 8.42 Å². The van der Waals surface area contributed by atoms with Crippen molar-refractivity contribution in [3.8, 4) is 5.75 Å². The van der Waals surface area contributed by atoms with Gasteiger partial charge >= 0.3 is 9.74 Å². The van der Waals surface area contributed by atoms with E-state index in [0.29, 0.717) is 17.6 Å². The van der Waals surface area contributed by atoms with Gasteiger partial charge in [-0.05, 0) is 49.1 Å². The Morgan fingerprint density at radius 2 is 1.43 bits per heavy atom. The Morgan fingerprint density at radius 3 is 2.00 bits per heavy atom. The van der Waals surface area contributed by atoms with Gasteiger partial charge in [0, 0.05) is 14.0 Å². The molecule has 1 atom stereocenters. The molecule has 5 heteroatoms. The highest BCUT2D eigenvalue weighted by atomic mass is 32.7. The molecule has 0 N–H and O–H groups in total. The van der Waals surface area contributed by atoms with Gasteiger partial charge in [0.1, 0.15) is 5.75 Å². The van der Waals surface area contributed by atoms with E-state index in [-0.39, 0.29) is 0 Å². The number of rotatable bonds is 4. The lowest BCUT2D eigenvalue weighted by Crippen LogP contribution is -2.14. The standard InChI is InChI=1S/C18H27O3PS/c19-23(20,22)21-17-13-7-12-16(14-8-3-1-4-9-14)18(17)15-10-5-2-6-11-15/h7,12-15H,1-6,8-11,22H2. The van der Waals surface area contributed by atoms with E-state index in [2.05, 4.69) is 6.07 Å². The minimum Gasteiger partial charge on any atom is -0.380 e. The Morgan fingerprint density at radius 1 is 0.870 bits per heavy atom. The van der Waals surface area contributed by atoms with Crippen LogP contribution >= 0.6 is 8.44 Å². The molecule has 3 rings (SSSR count). The highest BCUT2D eigenvalue weighted by Gasteiger charge is 2.27. The fourth-order valence-electron chi connectivity index (χ4n) is 4.36. The molecule has 2 aliphatic carbocycles. The summed E-state index contributed by atoms with van der Waals surface area (Å²) in [4.78, 5) is 0. The number of hydrogen-bond acceptors (Lipinski definition) is 3. The SMILES string of the molecule is O=S(=O)(P)Oc1cccc(C2CCCCC2)c1C1CCCCC1. The van der Waals surface area contributed by atoms with Crippen LogP contribution in [0.15, 0.2) is 18.2 Å². The van der Waals surface area contributed by atoms with Crippen molar-refractivity contribution >= 4 is 18.2 Å². The molecule has 1 aromatic carbocycles. The van der Waals surface area contributed by atoms with Crippen LogP contribution in [-0.2, 0) is 9.74 Å². The van der Waals surface area contributed by atoms with E-state index in [0.717, 1.165) is 12.8 Å². The van der Waals surface area contributed by atoms with E-state index in [1.165, 1.54) is 62.5 Å². The van der Waals surface area contributed by atoms with E-state index in [1.54, 1.807) is 0 Å². The first-order chi connectivity index (χ1) is 11.0. The largest absolute Gasteiger partial charge is 0.380 e. The Balaban J connectivity index is 2.01. The summed E-state index contributed by atoms with van der Waals surface area (Å²) in [5.74, 6) is 1.58. The zero-order valence-corrected chi connectivity index (χ0v) is 15.6. The topological polar surface area (TPSA) is 43.4 Å². The summed E-state index contributed by atoms with van der Waals surface area (Å²) in [6, 6.07) is 6.00. The molecule has 0 saturated heterocycles. The molecule has 0 aliphatic heterocycles. The van der Waals surface area contributed by atoms with Crippen molar-refractivity contribution in [2.24, 2.45) is 0 Å². The summed E-state index contributed by atoms with van der Waals surface area (Å²) in [6.45, 7) is 0. The lowest BCUT2D eigenvalue weighted by molar-refractivity contribution is 0.410. The second kappa shape index (κ2) is 7.53. The summed E-state index contributed by atoms with van der Waals surface area (Å²) < 4.78 is 28.7. The summed E-state index contributed by atoms with van der Waals surface area (Å²) >= 11 is 0. The quantitative estimate of drug-likeness (QED) is 0.691. The van der Waals surface area contributed by atoms with Crippen molar-refractivity contribution in [3.05, 3.63) is 29.3 Å². The maximum absolute atomic E-state index is 11.7. The smallest absolute Gasteiger partial charge is 0.318 e. The maximum Gasteiger partial charge on any atom is 0.318 e. The molecule has 23 heavy (non-hydrogen) atoms. The lowest BCUT2D eigenvalue weighted by Gasteiger charge is -2.30. The van der Waals surface area contributed by atoms with Gasteiger partial charge in [0.15, 0.2) is 0 Å². The molecular formula is C18H27O3PS. The van der Waals surface area contributed by atoms with Crippen molar-refractivity contribution in [1.29, 1.82) is 0 Å². The monoisotopic (exact) mass is 354 g/mol. The third-order valence-corrected chi connectivity index (χ3v) is 6.06. The molecule has 2 saturated carbocycles. The second-order valence-electron chi connectivity index (χ2n) is 7.01. The van der Waals surface area contributed by atoms with Crippen LogP contribution in [0.25, 0.3) is 0 Å². The molecule has 0 aromatic heterocycles. The van der Waals surface area contributed by atoms with Crippen molar-refractivity contribution in [2.75, 3.05) is 0 Å². The van der Waals surface area contributed by atoms with Crippen LogP contribution in [0, 0.1) is 0 Å². The van der Waals surface area contributed by atoms with E-state index in [1.807, 2.05) is 20.6 Å². The van der Waals surface area contributed by atoms with Crippen LogP contribution in [0.3, 0.4) is 0 Å². The zero-order chi connectivity index (χ0) is 16.3. The molecule has 128 valence electrons. The molecule has 3 nitrogen and oxygen atoms in total. The minimum atomic E-state index is -3.57. The average Bonchev–Trinajstić information content (AvgIpc) is 2.55. The number of benzene rings is 1. The maximum atomic E-state index is 11.7. The molecule has 0 amide bonds. The van der Waals surface area contributed by atoms with E-state index >= 15 is 0 Å². The molecule has 1 aromatic rings. The van der Waals surface area contributed by atoms with Crippen LogP contribution in [0.2, 0.25) is 0 Å². The summed E-state index contributed by atoms with van der Waals surface area (Å²) in [5, 5.41) is 0. The third kappa shape index (κ3) is 4.48. The highest BCUT2D eigenvalue weighted by molar-refractivity contribution is 8.34. The zero-order valence-electron chi connectivity index (χ0n) is 13.7. The lowest BCUT2D eigenvalue weighted by atomic mass is 9.75. The Bertz CT molecular complexity index is 630. The average molecular weight is 354 g/mol. The van der Waals surface area contributed by atoms with E-state index in [4.69, 9.17) is 4.18 Å². The molecule has 2 fully saturated rings. The summed E-state index contributed by atoms with van der Waals surface area (Å²) in [7, 11) is -1.76. The van der Waals surface area contributed by atoms with Crippen LogP contribution in [0.5, 0.6) is 5.75 Å². The second-order valence-corrected chi connectivity index (χ2v) is 9.89. The predicted molar refractivity (Wildman–Crippen MR) is 97.4 cm³/mol. The van der Waals surface area contributed by atoms with Gasteiger partial charge in [-0.15, -0.1) is 0 Å². The van der Waals surface area contributed by atoms with E-state index < -0.39 is 9.74 Å². The van der Waals surface area contributed by atoms with Crippen LogP contribution in [0.1, 0.15) is 87.2 Å². The van der Waals surface area contributed by atoms with Crippen LogP contribution in [0.4, 0.5) is 0 Å². The van der Waals surface area contributed by atoms with Crippen LogP contribution < -0.4 is 4.18 Å². The van der Waals surface area contributed by atoms with Gasteiger partial charge in [-0.25, -0.2) is 0 Å². The normalized spacial score (nSPS) is 21.3. The van der Waals surface area contributed by atoms with Gasteiger partial charge in [0.2, 0.25) is 0 Å². The predicted octanol–water partition coefficient (Wildman–Crippen LogP) is 5.28. The number of hydrogen-bond donors (Lipinski definition) is 0. The molecule has 0 spiro atoms. The van der Waals surface area contributed by atoms with Crippen molar-refractivity contribution < 1.29 is 12.6 Å².